The highest BCUT2D eigenvalue weighted by Gasteiger charge is 2.64. The summed E-state index contributed by atoms with van der Waals surface area (Å²) in [5, 5.41) is 22.4. The van der Waals surface area contributed by atoms with Gasteiger partial charge in [0.05, 0.1) is 18.8 Å². The Labute approximate surface area is 239 Å². The van der Waals surface area contributed by atoms with Gasteiger partial charge in [0.2, 0.25) is 0 Å². The zero-order valence-corrected chi connectivity index (χ0v) is 25.3. The minimum atomic E-state index is -4.02. The average Bonchev–Trinajstić information content (AvgIpc) is 3.27. The van der Waals surface area contributed by atoms with E-state index in [2.05, 4.69) is 32.7 Å². The Hall–Kier alpha value is -1.71. The van der Waals surface area contributed by atoms with Crippen molar-refractivity contribution in [3.8, 4) is 0 Å². The first-order valence-electron chi connectivity index (χ1n) is 15.4. The number of ether oxygens (including phenoxy) is 1. The highest BCUT2D eigenvalue weighted by molar-refractivity contribution is 7.90. The summed E-state index contributed by atoms with van der Waals surface area (Å²) in [6.45, 7) is 9.48. The maximum Gasteiger partial charge on any atom is 0.421 e. The number of nitrogens with zero attached hydrogens (tertiary/aromatic N) is 1. The number of sulfonamides is 1. The Morgan fingerprint density at radius 1 is 1.12 bits per heavy atom. The third-order valence-corrected chi connectivity index (χ3v) is 13.4. The molecule has 1 aromatic rings. The first-order valence-corrected chi connectivity index (χ1v) is 16.9. The number of carbonyl (C=O) groups is 1. The number of carbonyl (C=O) groups excluding carboxylic acids is 1. The van der Waals surface area contributed by atoms with Crippen LogP contribution in [0.5, 0.6) is 0 Å². The van der Waals surface area contributed by atoms with Crippen LogP contribution in [-0.4, -0.2) is 48.5 Å². The normalized spacial score (nSPS) is 41.8. The number of aliphatic hydroxyl groups is 2. The van der Waals surface area contributed by atoms with Crippen molar-refractivity contribution in [2.24, 2.45) is 52.3 Å². The highest BCUT2D eigenvalue weighted by Crippen LogP contribution is 2.69. The second-order valence-electron chi connectivity index (χ2n) is 13.8. The summed E-state index contributed by atoms with van der Waals surface area (Å²) in [6, 6.07) is 2.87. The zero-order valence-electron chi connectivity index (χ0n) is 24.5. The molecule has 0 spiro atoms. The van der Waals surface area contributed by atoms with Crippen LogP contribution in [0.2, 0.25) is 0 Å². The summed E-state index contributed by atoms with van der Waals surface area (Å²) < 4.78 is 32.0. The van der Waals surface area contributed by atoms with Gasteiger partial charge in [-0.2, -0.15) is 0 Å². The molecule has 0 radical (unpaired) electrons. The van der Waals surface area contributed by atoms with E-state index in [4.69, 9.17) is 4.74 Å². The highest BCUT2D eigenvalue weighted by atomic mass is 32.2. The molecule has 1 amide bonds. The van der Waals surface area contributed by atoms with E-state index in [1.165, 1.54) is 24.5 Å². The van der Waals surface area contributed by atoms with Crippen molar-refractivity contribution >= 4 is 16.1 Å². The third-order valence-electron chi connectivity index (χ3n) is 12.1. The Morgan fingerprint density at radius 2 is 1.85 bits per heavy atom. The van der Waals surface area contributed by atoms with E-state index in [-0.39, 0.29) is 40.5 Å². The number of aliphatic hydroxyl groups excluding tert-OH is 2. The van der Waals surface area contributed by atoms with Crippen LogP contribution >= 0.6 is 0 Å². The molecular formula is C31H48N2O6S. The smallest absolute Gasteiger partial charge is 0.421 e. The van der Waals surface area contributed by atoms with Crippen molar-refractivity contribution in [2.45, 2.75) is 103 Å². The standard InChI is InChI=1S/C31H48N2O6S/c1-5-22-26-17-20(34)10-13-31(26,4)25-11-14-30(3)23(8-9-24(30)27(25)28(22)35)19(2)12-16-39-29(36)33-40(37,38)21-7-6-15-32-18-21/h6-7,15,18-20,22-28,34-35H,5,8-14,16-17H2,1-4H3,(H,33,36)/t19-,20-,22-,23-,24+,25+,26+,27+,28-,30-,31-/m1/s1. The molecule has 1 aromatic heterocycles. The van der Waals surface area contributed by atoms with Gasteiger partial charge in [-0.15, -0.1) is 0 Å². The minimum Gasteiger partial charge on any atom is -0.449 e. The lowest BCUT2D eigenvalue weighted by atomic mass is 9.41. The fraction of sp³-hybridized carbons (Fsp3) is 0.806. The molecule has 0 aliphatic heterocycles. The monoisotopic (exact) mass is 576 g/mol. The Bertz CT molecular complexity index is 1160. The number of nitrogens with one attached hydrogen (secondary N) is 1. The van der Waals surface area contributed by atoms with E-state index in [9.17, 15) is 23.4 Å². The first kappa shape index (κ1) is 29.8. The van der Waals surface area contributed by atoms with Gasteiger partial charge in [-0.05, 0) is 116 Å². The molecule has 4 aliphatic rings. The second kappa shape index (κ2) is 11.2. The molecule has 5 rings (SSSR count). The maximum atomic E-state index is 12.4. The molecule has 40 heavy (non-hydrogen) atoms. The predicted molar refractivity (Wildman–Crippen MR) is 151 cm³/mol. The molecule has 4 saturated carbocycles. The topological polar surface area (TPSA) is 126 Å². The van der Waals surface area contributed by atoms with Gasteiger partial charge in [-0.1, -0.05) is 34.1 Å². The molecule has 4 aliphatic carbocycles. The van der Waals surface area contributed by atoms with Gasteiger partial charge in [0, 0.05) is 12.4 Å². The number of rotatable bonds is 7. The van der Waals surface area contributed by atoms with Crippen LogP contribution in [-0.2, 0) is 14.8 Å². The molecule has 0 bridgehead atoms. The number of fused-ring (bicyclic) bond motifs is 5. The van der Waals surface area contributed by atoms with E-state index in [1.807, 2.05) is 4.72 Å². The van der Waals surface area contributed by atoms with Crippen LogP contribution in [0.1, 0.15) is 85.5 Å². The van der Waals surface area contributed by atoms with Crippen LogP contribution in [0.3, 0.4) is 0 Å². The molecule has 3 N–H and O–H groups in total. The molecule has 8 nitrogen and oxygen atoms in total. The number of pyridine rings is 1. The molecule has 0 saturated heterocycles. The van der Waals surface area contributed by atoms with Gasteiger partial charge in [0.15, 0.2) is 0 Å². The Morgan fingerprint density at radius 3 is 2.55 bits per heavy atom. The molecule has 9 heteroatoms. The van der Waals surface area contributed by atoms with Crippen molar-refractivity contribution in [3.63, 3.8) is 0 Å². The molecule has 4 fully saturated rings. The lowest BCUT2D eigenvalue weighted by molar-refractivity contribution is -0.203. The number of hydrogen-bond acceptors (Lipinski definition) is 7. The van der Waals surface area contributed by atoms with Crippen LogP contribution < -0.4 is 4.72 Å². The summed E-state index contributed by atoms with van der Waals surface area (Å²) in [6.07, 6.45) is 10.0. The van der Waals surface area contributed by atoms with E-state index in [1.54, 1.807) is 0 Å². The summed E-state index contributed by atoms with van der Waals surface area (Å²) in [5.74, 6) is 2.69. The predicted octanol–water partition coefficient (Wildman–Crippen LogP) is 5.15. The fourth-order valence-corrected chi connectivity index (χ4v) is 11.0. The Balaban J connectivity index is 1.22. The molecule has 11 atom stereocenters. The van der Waals surface area contributed by atoms with Gasteiger partial charge in [-0.25, -0.2) is 17.9 Å². The molecular weight excluding hydrogens is 528 g/mol. The zero-order chi connectivity index (χ0) is 28.9. The van der Waals surface area contributed by atoms with Gasteiger partial charge in [-0.3, -0.25) is 4.98 Å². The Kier molecular flexibility index (Phi) is 8.32. The maximum absolute atomic E-state index is 12.4. The van der Waals surface area contributed by atoms with Crippen LogP contribution in [0.4, 0.5) is 4.79 Å². The van der Waals surface area contributed by atoms with Crippen LogP contribution in [0.25, 0.3) is 0 Å². The second-order valence-corrected chi connectivity index (χ2v) is 15.5. The first-order chi connectivity index (χ1) is 18.9. The van der Waals surface area contributed by atoms with Gasteiger partial charge < -0.3 is 14.9 Å². The minimum absolute atomic E-state index is 0.0827. The fourth-order valence-electron chi connectivity index (χ4n) is 10.2. The lowest BCUT2D eigenvalue weighted by Gasteiger charge is -2.64. The quantitative estimate of drug-likeness (QED) is 0.410. The van der Waals surface area contributed by atoms with Crippen LogP contribution in [0, 0.1) is 52.3 Å². The lowest BCUT2D eigenvalue weighted by Crippen LogP contribution is -2.62. The molecule has 0 aromatic carbocycles. The molecule has 1 heterocycles. The summed E-state index contributed by atoms with van der Waals surface area (Å²) in [5.41, 5.74) is 0.315. The number of aromatic nitrogens is 1. The van der Waals surface area contributed by atoms with E-state index < -0.39 is 16.1 Å². The largest absolute Gasteiger partial charge is 0.449 e. The van der Waals surface area contributed by atoms with Crippen molar-refractivity contribution in [3.05, 3.63) is 24.5 Å². The SMILES string of the molecule is CC[C@H]1[C@@H](O)[C@@H]2[C@H](CC[C@]3(C)[C@@H]([C@H](C)CCOC(=O)NS(=O)(=O)c4cccnc4)CC[C@@H]23)[C@@]2(C)CC[C@@H](O)C[C@@H]12. The number of amides is 1. The van der Waals surface area contributed by atoms with Gasteiger partial charge in [0.25, 0.3) is 10.0 Å². The third kappa shape index (κ3) is 5.08. The summed E-state index contributed by atoms with van der Waals surface area (Å²) in [7, 11) is -4.02. The van der Waals surface area contributed by atoms with Gasteiger partial charge >= 0.3 is 6.09 Å². The number of hydrogen-bond donors (Lipinski definition) is 3. The molecule has 224 valence electrons. The molecule has 0 unspecified atom stereocenters. The van der Waals surface area contributed by atoms with Crippen LogP contribution in [0.15, 0.2) is 29.4 Å². The van der Waals surface area contributed by atoms with Gasteiger partial charge in [0.1, 0.15) is 4.90 Å². The average molecular weight is 577 g/mol. The van der Waals surface area contributed by atoms with E-state index >= 15 is 0 Å². The van der Waals surface area contributed by atoms with E-state index in [0.29, 0.717) is 41.9 Å². The van der Waals surface area contributed by atoms with Crippen molar-refractivity contribution in [1.29, 1.82) is 0 Å². The van der Waals surface area contributed by atoms with Crippen molar-refractivity contribution in [2.75, 3.05) is 6.61 Å². The van der Waals surface area contributed by atoms with E-state index in [0.717, 1.165) is 51.4 Å². The van der Waals surface area contributed by atoms with Crippen molar-refractivity contribution in [1.82, 2.24) is 9.71 Å². The summed E-state index contributed by atoms with van der Waals surface area (Å²) in [4.78, 5) is 16.0. The summed E-state index contributed by atoms with van der Waals surface area (Å²) >= 11 is 0. The van der Waals surface area contributed by atoms with Crippen molar-refractivity contribution < 1.29 is 28.2 Å².